The molecule has 4 heteroatoms. The van der Waals surface area contributed by atoms with Crippen LogP contribution in [-0.2, 0) is 13.1 Å². The van der Waals surface area contributed by atoms with Crippen LogP contribution in [0.1, 0.15) is 38.5 Å². The first kappa shape index (κ1) is 16.5. The van der Waals surface area contributed by atoms with Crippen LogP contribution in [-0.4, -0.2) is 49.1 Å². The second-order valence-electron chi connectivity index (χ2n) is 7.64. The van der Waals surface area contributed by atoms with Crippen molar-refractivity contribution in [2.75, 3.05) is 33.7 Å². The van der Waals surface area contributed by atoms with Gasteiger partial charge in [-0.25, -0.2) is 0 Å². The predicted molar refractivity (Wildman–Crippen MR) is 87.2 cm³/mol. The summed E-state index contributed by atoms with van der Waals surface area (Å²) in [5.41, 5.74) is 1.37. The fourth-order valence-electron chi connectivity index (χ4n) is 2.92. The van der Waals surface area contributed by atoms with E-state index in [0.29, 0.717) is 0 Å². The van der Waals surface area contributed by atoms with Crippen molar-refractivity contribution in [3.63, 3.8) is 0 Å². The molecule has 4 nitrogen and oxygen atoms in total. The molecule has 0 aliphatic carbocycles. The van der Waals surface area contributed by atoms with Crippen LogP contribution in [0.25, 0.3) is 0 Å². The Morgan fingerprint density at radius 3 is 2.81 bits per heavy atom. The van der Waals surface area contributed by atoms with Crippen LogP contribution >= 0.6 is 0 Å². The summed E-state index contributed by atoms with van der Waals surface area (Å²) in [7, 11) is 4.40. The van der Waals surface area contributed by atoms with E-state index in [-0.39, 0.29) is 5.54 Å². The van der Waals surface area contributed by atoms with Crippen molar-refractivity contribution in [2.24, 2.45) is 5.92 Å². The fraction of sp³-hybridized carbons (Fsp3) is 0.765. The molecule has 21 heavy (non-hydrogen) atoms. The van der Waals surface area contributed by atoms with Crippen LogP contribution in [0.4, 0.5) is 0 Å². The van der Waals surface area contributed by atoms with Crippen molar-refractivity contribution in [3.05, 3.63) is 23.7 Å². The largest absolute Gasteiger partial charge is 0.468 e. The first-order chi connectivity index (χ1) is 9.82. The molecule has 2 heterocycles. The van der Waals surface area contributed by atoms with E-state index in [1.165, 1.54) is 25.1 Å². The van der Waals surface area contributed by atoms with E-state index in [9.17, 15) is 0 Å². The Morgan fingerprint density at radius 1 is 1.43 bits per heavy atom. The number of nitrogens with zero attached hydrogens (tertiary/aromatic N) is 2. The molecule has 120 valence electrons. The summed E-state index contributed by atoms with van der Waals surface area (Å²) < 4.78 is 5.69. The van der Waals surface area contributed by atoms with E-state index < -0.39 is 0 Å². The predicted octanol–water partition coefficient (Wildman–Crippen LogP) is 2.55. The molecule has 0 radical (unpaired) electrons. The monoisotopic (exact) mass is 293 g/mol. The molecular formula is C17H31N3O. The zero-order chi connectivity index (χ0) is 15.5. The van der Waals surface area contributed by atoms with E-state index in [4.69, 9.17) is 4.42 Å². The lowest BCUT2D eigenvalue weighted by Gasteiger charge is -2.20. The molecular weight excluding hydrogens is 262 g/mol. The van der Waals surface area contributed by atoms with Gasteiger partial charge < -0.3 is 14.6 Å². The Kier molecular flexibility index (Phi) is 5.47. The number of hydrogen-bond donors (Lipinski definition) is 1. The van der Waals surface area contributed by atoms with Gasteiger partial charge in [0.2, 0.25) is 0 Å². The Morgan fingerprint density at radius 2 is 2.19 bits per heavy atom. The average molecular weight is 293 g/mol. The Labute approximate surface area is 129 Å². The highest BCUT2D eigenvalue weighted by atomic mass is 16.3. The van der Waals surface area contributed by atoms with Gasteiger partial charge in [0.15, 0.2) is 0 Å². The lowest BCUT2D eigenvalue weighted by atomic mass is 10.1. The van der Waals surface area contributed by atoms with Crippen LogP contribution in [0, 0.1) is 5.92 Å². The van der Waals surface area contributed by atoms with E-state index in [1.807, 2.05) is 6.26 Å². The van der Waals surface area contributed by atoms with Gasteiger partial charge in [-0.2, -0.15) is 0 Å². The highest BCUT2D eigenvalue weighted by Gasteiger charge is 2.21. The van der Waals surface area contributed by atoms with E-state index >= 15 is 0 Å². The highest BCUT2D eigenvalue weighted by molar-refractivity contribution is 5.13. The van der Waals surface area contributed by atoms with Gasteiger partial charge in [-0.1, -0.05) is 0 Å². The number of rotatable bonds is 6. The maximum absolute atomic E-state index is 5.69. The molecule has 1 saturated heterocycles. The Balaban J connectivity index is 1.76. The summed E-state index contributed by atoms with van der Waals surface area (Å²) in [5, 5.41) is 3.49. The zero-order valence-corrected chi connectivity index (χ0v) is 14.3. The second kappa shape index (κ2) is 6.95. The lowest BCUT2D eigenvalue weighted by Crippen LogP contribution is -2.34. The van der Waals surface area contributed by atoms with Crippen LogP contribution in [0.2, 0.25) is 0 Å². The first-order valence-electron chi connectivity index (χ1n) is 8.00. The van der Waals surface area contributed by atoms with Gasteiger partial charge in [0.05, 0.1) is 12.8 Å². The molecule has 1 aliphatic rings. The van der Waals surface area contributed by atoms with Crippen molar-refractivity contribution >= 4 is 0 Å². The first-order valence-corrected chi connectivity index (χ1v) is 8.00. The molecule has 0 bridgehead atoms. The zero-order valence-electron chi connectivity index (χ0n) is 14.3. The summed E-state index contributed by atoms with van der Waals surface area (Å²) >= 11 is 0. The molecule has 1 aliphatic heterocycles. The molecule has 2 rings (SSSR count). The molecule has 1 N–H and O–H groups in total. The summed E-state index contributed by atoms with van der Waals surface area (Å²) in [6.07, 6.45) is 3.20. The maximum atomic E-state index is 5.69. The Bertz CT molecular complexity index is 435. The SMILES string of the molecule is CN1CCC(CN(C)Cc2cc(CNC(C)(C)C)co2)C1. The average Bonchev–Trinajstić information content (AvgIpc) is 2.95. The van der Waals surface area contributed by atoms with E-state index in [2.05, 4.69) is 56.0 Å². The number of furan rings is 1. The molecule has 0 saturated carbocycles. The summed E-state index contributed by atoms with van der Waals surface area (Å²) in [6, 6.07) is 2.18. The third-order valence-electron chi connectivity index (χ3n) is 4.02. The minimum Gasteiger partial charge on any atom is -0.468 e. The van der Waals surface area contributed by atoms with Crippen LogP contribution < -0.4 is 5.32 Å². The van der Waals surface area contributed by atoms with Gasteiger partial charge in [-0.15, -0.1) is 0 Å². The highest BCUT2D eigenvalue weighted by Crippen LogP contribution is 2.17. The molecule has 1 fully saturated rings. The topological polar surface area (TPSA) is 31.6 Å². The summed E-state index contributed by atoms with van der Waals surface area (Å²) in [6.45, 7) is 11.9. The van der Waals surface area contributed by atoms with Gasteiger partial charge in [-0.3, -0.25) is 4.90 Å². The third kappa shape index (κ3) is 5.81. The van der Waals surface area contributed by atoms with E-state index in [1.54, 1.807) is 0 Å². The standard InChI is InChI=1S/C17H31N3O/c1-17(2,3)18-9-15-8-16(21-13-15)12-20(5)11-14-6-7-19(4)10-14/h8,13-14,18H,6-7,9-12H2,1-5H3. The van der Waals surface area contributed by atoms with Gasteiger partial charge in [-0.05, 0) is 59.8 Å². The molecule has 1 atom stereocenters. The molecule has 1 unspecified atom stereocenters. The number of hydrogen-bond acceptors (Lipinski definition) is 4. The third-order valence-corrected chi connectivity index (χ3v) is 4.02. The van der Waals surface area contributed by atoms with Gasteiger partial charge in [0, 0.05) is 30.7 Å². The minimum atomic E-state index is 0.142. The van der Waals surface area contributed by atoms with Crippen molar-refractivity contribution in [1.82, 2.24) is 15.1 Å². The van der Waals surface area contributed by atoms with Crippen molar-refractivity contribution in [3.8, 4) is 0 Å². The second-order valence-corrected chi connectivity index (χ2v) is 7.64. The smallest absolute Gasteiger partial charge is 0.118 e. The van der Waals surface area contributed by atoms with Crippen molar-refractivity contribution < 1.29 is 4.42 Å². The van der Waals surface area contributed by atoms with Gasteiger partial charge in [0.1, 0.15) is 5.76 Å². The quantitative estimate of drug-likeness (QED) is 0.873. The van der Waals surface area contributed by atoms with Crippen molar-refractivity contribution in [2.45, 2.75) is 45.8 Å². The van der Waals surface area contributed by atoms with Crippen LogP contribution in [0.3, 0.4) is 0 Å². The fourth-order valence-corrected chi connectivity index (χ4v) is 2.92. The van der Waals surface area contributed by atoms with Crippen molar-refractivity contribution in [1.29, 1.82) is 0 Å². The molecule has 1 aromatic rings. The number of likely N-dealkylation sites (tertiary alicyclic amines) is 1. The Hall–Kier alpha value is -0.840. The van der Waals surface area contributed by atoms with Crippen LogP contribution in [0.15, 0.2) is 16.7 Å². The van der Waals surface area contributed by atoms with E-state index in [0.717, 1.165) is 31.3 Å². The molecule has 0 amide bonds. The molecule has 1 aromatic heterocycles. The molecule has 0 spiro atoms. The lowest BCUT2D eigenvalue weighted by molar-refractivity contribution is 0.249. The molecule has 0 aromatic carbocycles. The maximum Gasteiger partial charge on any atom is 0.118 e. The summed E-state index contributed by atoms with van der Waals surface area (Å²) in [4.78, 5) is 4.80. The normalized spacial score (nSPS) is 20.6. The van der Waals surface area contributed by atoms with Gasteiger partial charge in [0.25, 0.3) is 0 Å². The summed E-state index contributed by atoms with van der Waals surface area (Å²) in [5.74, 6) is 1.87. The minimum absolute atomic E-state index is 0.142. The van der Waals surface area contributed by atoms with Crippen LogP contribution in [0.5, 0.6) is 0 Å². The number of nitrogens with one attached hydrogen (secondary N) is 1. The van der Waals surface area contributed by atoms with Gasteiger partial charge >= 0.3 is 0 Å².